The third-order valence-corrected chi connectivity index (χ3v) is 7.11. The monoisotopic (exact) mass is 526 g/mol. The molecule has 164 valence electrons. The maximum atomic E-state index is 12.7. The first-order chi connectivity index (χ1) is 15.2. The first-order valence-electron chi connectivity index (χ1n) is 9.18. The Hall–Kier alpha value is -2.22. The molecule has 0 radical (unpaired) electrons. The van der Waals surface area contributed by atoms with E-state index in [-0.39, 0.29) is 31.4 Å². The molecule has 1 atom stereocenters. The molecule has 3 aromatic rings. The van der Waals surface area contributed by atoms with Crippen molar-refractivity contribution >= 4 is 80.1 Å². The number of benzene rings is 3. The zero-order valence-electron chi connectivity index (χ0n) is 16.1. The van der Waals surface area contributed by atoms with Crippen molar-refractivity contribution in [3.8, 4) is 5.75 Å². The van der Waals surface area contributed by atoms with Gasteiger partial charge in [0.05, 0.1) is 26.4 Å². The van der Waals surface area contributed by atoms with Gasteiger partial charge in [0.15, 0.2) is 11.9 Å². The molecule has 0 aliphatic carbocycles. The standard InChI is InChI=1S/C22H14Cl4N2O3S/c23-14-6-8-21(17(24)9-14)32(29,30)28-15-10-18(25)22(19(26)11-15)31-16-7-5-13-3-1-2-4-20(13)27-12-16/h1-12,16,28H. The second-order valence-corrected chi connectivity index (χ2v) is 10.0. The summed E-state index contributed by atoms with van der Waals surface area (Å²) in [5, 5.41) is 0.560. The van der Waals surface area contributed by atoms with Gasteiger partial charge in [0.1, 0.15) is 4.90 Å². The van der Waals surface area contributed by atoms with Crippen LogP contribution in [0.2, 0.25) is 20.1 Å². The van der Waals surface area contributed by atoms with Gasteiger partial charge in [-0.2, -0.15) is 0 Å². The topological polar surface area (TPSA) is 67.8 Å². The summed E-state index contributed by atoms with van der Waals surface area (Å²) in [5.41, 5.74) is 1.92. The molecule has 1 N–H and O–H groups in total. The molecule has 1 heterocycles. The van der Waals surface area contributed by atoms with Gasteiger partial charge in [-0.05, 0) is 48.0 Å². The average Bonchev–Trinajstić information content (AvgIpc) is 2.92. The van der Waals surface area contributed by atoms with E-state index in [0.29, 0.717) is 5.02 Å². The quantitative estimate of drug-likeness (QED) is 0.379. The second kappa shape index (κ2) is 9.33. The van der Waals surface area contributed by atoms with Gasteiger partial charge in [0, 0.05) is 11.2 Å². The fourth-order valence-corrected chi connectivity index (χ4v) is 5.38. The molecule has 0 amide bonds. The Morgan fingerprint density at radius 3 is 2.34 bits per heavy atom. The van der Waals surface area contributed by atoms with E-state index in [1.54, 1.807) is 6.21 Å². The number of fused-ring (bicyclic) bond motifs is 1. The molecule has 0 fully saturated rings. The summed E-state index contributed by atoms with van der Waals surface area (Å²) in [7, 11) is -4.00. The van der Waals surface area contributed by atoms with Gasteiger partial charge in [-0.15, -0.1) is 0 Å². The Morgan fingerprint density at radius 1 is 0.906 bits per heavy atom. The first kappa shape index (κ1) is 23.0. The van der Waals surface area contributed by atoms with Crippen molar-refractivity contribution in [1.29, 1.82) is 0 Å². The van der Waals surface area contributed by atoms with Crippen LogP contribution in [-0.4, -0.2) is 20.7 Å². The van der Waals surface area contributed by atoms with Crippen LogP contribution in [0.15, 0.2) is 70.6 Å². The molecule has 5 nitrogen and oxygen atoms in total. The minimum absolute atomic E-state index is 0.0115. The molecule has 0 saturated carbocycles. The number of ether oxygens (including phenoxy) is 1. The number of anilines is 1. The average molecular weight is 528 g/mol. The van der Waals surface area contributed by atoms with Crippen LogP contribution in [-0.2, 0) is 10.0 Å². The van der Waals surface area contributed by atoms with E-state index in [4.69, 9.17) is 51.1 Å². The minimum atomic E-state index is -4.00. The lowest BCUT2D eigenvalue weighted by Crippen LogP contribution is -2.16. The first-order valence-corrected chi connectivity index (χ1v) is 12.2. The van der Waals surface area contributed by atoms with Gasteiger partial charge < -0.3 is 4.74 Å². The van der Waals surface area contributed by atoms with Crippen molar-refractivity contribution < 1.29 is 13.2 Å². The lowest BCUT2D eigenvalue weighted by molar-refractivity contribution is 0.318. The van der Waals surface area contributed by atoms with Gasteiger partial charge in [-0.3, -0.25) is 9.71 Å². The molecule has 1 aliphatic heterocycles. The van der Waals surface area contributed by atoms with Crippen molar-refractivity contribution in [1.82, 2.24) is 0 Å². The highest BCUT2D eigenvalue weighted by molar-refractivity contribution is 7.92. The fourth-order valence-electron chi connectivity index (χ4n) is 2.99. The SMILES string of the molecule is O=S(=O)(Nc1cc(Cl)c(OC2C=Cc3ccccc3N=C2)c(Cl)c1)c1ccc(Cl)cc1Cl. The van der Waals surface area contributed by atoms with Gasteiger partial charge in [-0.25, -0.2) is 8.42 Å². The van der Waals surface area contributed by atoms with E-state index in [0.717, 1.165) is 11.3 Å². The van der Waals surface area contributed by atoms with E-state index in [2.05, 4.69) is 9.71 Å². The van der Waals surface area contributed by atoms with Crippen LogP contribution >= 0.6 is 46.4 Å². The molecule has 0 bridgehead atoms. The number of nitrogens with zero attached hydrogens (tertiary/aromatic N) is 1. The minimum Gasteiger partial charge on any atom is -0.477 e. The number of sulfonamides is 1. The molecule has 1 unspecified atom stereocenters. The maximum absolute atomic E-state index is 12.7. The summed E-state index contributed by atoms with van der Waals surface area (Å²) in [4.78, 5) is 4.30. The van der Waals surface area contributed by atoms with Crippen LogP contribution in [0.1, 0.15) is 5.56 Å². The Balaban J connectivity index is 1.56. The zero-order chi connectivity index (χ0) is 22.9. The highest BCUT2D eigenvalue weighted by Gasteiger charge is 2.21. The molecule has 3 aromatic carbocycles. The normalized spacial score (nSPS) is 15.2. The zero-order valence-corrected chi connectivity index (χ0v) is 19.9. The van der Waals surface area contributed by atoms with Crippen LogP contribution in [0.3, 0.4) is 0 Å². The lowest BCUT2D eigenvalue weighted by Gasteiger charge is -2.16. The van der Waals surface area contributed by atoms with Crippen molar-refractivity contribution in [2.45, 2.75) is 11.0 Å². The number of rotatable bonds is 5. The van der Waals surface area contributed by atoms with Gasteiger partial charge >= 0.3 is 0 Å². The predicted octanol–water partition coefficient (Wildman–Crippen LogP) is 7.28. The highest BCUT2D eigenvalue weighted by atomic mass is 35.5. The van der Waals surface area contributed by atoms with Crippen molar-refractivity contribution in [2.75, 3.05) is 4.72 Å². The maximum Gasteiger partial charge on any atom is 0.263 e. The Labute approximate surface area is 205 Å². The summed E-state index contributed by atoms with van der Waals surface area (Å²) < 4.78 is 33.8. The third kappa shape index (κ3) is 5.05. The molecule has 0 spiro atoms. The summed E-state index contributed by atoms with van der Waals surface area (Å²) in [5.74, 6) is 0.202. The summed E-state index contributed by atoms with van der Waals surface area (Å²) in [6.45, 7) is 0. The van der Waals surface area contributed by atoms with Crippen LogP contribution < -0.4 is 9.46 Å². The van der Waals surface area contributed by atoms with Crippen molar-refractivity contribution in [3.63, 3.8) is 0 Å². The summed E-state index contributed by atoms with van der Waals surface area (Å²) in [6.07, 6.45) is 4.83. The largest absolute Gasteiger partial charge is 0.477 e. The van der Waals surface area contributed by atoms with E-state index in [9.17, 15) is 8.42 Å². The molecular formula is C22H14Cl4N2O3S. The molecule has 32 heavy (non-hydrogen) atoms. The van der Waals surface area contributed by atoms with E-state index in [1.807, 2.05) is 36.4 Å². The Kier molecular flexibility index (Phi) is 6.70. The van der Waals surface area contributed by atoms with Crippen LogP contribution in [0.25, 0.3) is 6.08 Å². The van der Waals surface area contributed by atoms with Gasteiger partial charge in [-0.1, -0.05) is 70.7 Å². The van der Waals surface area contributed by atoms with Crippen molar-refractivity contribution in [2.24, 2.45) is 4.99 Å². The third-order valence-electron chi connectivity index (χ3n) is 4.45. The smallest absolute Gasteiger partial charge is 0.263 e. The van der Waals surface area contributed by atoms with Crippen LogP contribution in [0.5, 0.6) is 5.75 Å². The molecular weight excluding hydrogens is 514 g/mol. The number of hydrogen-bond donors (Lipinski definition) is 1. The number of aliphatic imine (C=N–C) groups is 1. The number of halogens is 4. The predicted molar refractivity (Wildman–Crippen MR) is 132 cm³/mol. The Morgan fingerprint density at radius 2 is 1.62 bits per heavy atom. The lowest BCUT2D eigenvalue weighted by atomic mass is 10.1. The van der Waals surface area contributed by atoms with Crippen LogP contribution in [0, 0.1) is 0 Å². The molecule has 0 aromatic heterocycles. The van der Waals surface area contributed by atoms with E-state index >= 15 is 0 Å². The van der Waals surface area contributed by atoms with Crippen LogP contribution in [0.4, 0.5) is 11.4 Å². The van der Waals surface area contributed by atoms with E-state index < -0.39 is 16.1 Å². The van der Waals surface area contributed by atoms with E-state index in [1.165, 1.54) is 30.3 Å². The second-order valence-electron chi connectivity index (χ2n) is 6.73. The summed E-state index contributed by atoms with van der Waals surface area (Å²) in [6, 6.07) is 14.5. The highest BCUT2D eigenvalue weighted by Crippen LogP contribution is 2.38. The van der Waals surface area contributed by atoms with Crippen molar-refractivity contribution in [3.05, 3.63) is 86.3 Å². The number of hydrogen-bond acceptors (Lipinski definition) is 4. The number of nitrogens with one attached hydrogen (secondary N) is 1. The van der Waals surface area contributed by atoms with Gasteiger partial charge in [0.2, 0.25) is 0 Å². The molecule has 0 saturated heterocycles. The Bertz CT molecular complexity index is 1300. The molecule has 1 aliphatic rings. The fraction of sp³-hybridized carbons (Fsp3) is 0.0455. The van der Waals surface area contributed by atoms with Gasteiger partial charge in [0.25, 0.3) is 10.0 Å². The molecule has 10 heteroatoms. The summed E-state index contributed by atoms with van der Waals surface area (Å²) >= 11 is 24.6. The molecule has 4 rings (SSSR count). The number of para-hydroxylation sites is 1.